The van der Waals surface area contributed by atoms with E-state index in [1.807, 2.05) is 0 Å². The van der Waals surface area contributed by atoms with Crippen molar-refractivity contribution in [3.8, 4) is 0 Å². The number of carbonyl (C=O) groups is 2. The minimum absolute atomic E-state index is 0.322. The third-order valence-corrected chi connectivity index (χ3v) is 3.45. The highest BCUT2D eigenvalue weighted by Crippen LogP contribution is 2.28. The van der Waals surface area contributed by atoms with Crippen LogP contribution in [0.3, 0.4) is 0 Å². The van der Waals surface area contributed by atoms with E-state index in [-0.39, 0.29) is 11.9 Å². The van der Waals surface area contributed by atoms with Crippen LogP contribution in [0.25, 0.3) is 0 Å². The van der Waals surface area contributed by atoms with Crippen LogP contribution in [0.1, 0.15) is 44.3 Å². The van der Waals surface area contributed by atoms with Crippen molar-refractivity contribution in [2.24, 2.45) is 0 Å². The van der Waals surface area contributed by atoms with Crippen molar-refractivity contribution in [1.82, 2.24) is 0 Å². The molecule has 17 heavy (non-hydrogen) atoms. The molecule has 0 aliphatic carbocycles. The molecule has 1 rings (SSSR count). The Balaban J connectivity index is 3.09. The summed E-state index contributed by atoms with van der Waals surface area (Å²) in [5.74, 6) is -0.761. The predicted octanol–water partition coefficient (Wildman–Crippen LogP) is 2.72. The minimum atomic E-state index is -0.381. The molecule has 0 spiro atoms. The first kappa shape index (κ1) is 13.7. The van der Waals surface area contributed by atoms with Gasteiger partial charge in [-0.3, -0.25) is 0 Å². The summed E-state index contributed by atoms with van der Waals surface area (Å²) in [5, 5.41) is 0. The fourth-order valence-corrected chi connectivity index (χ4v) is 2.59. The SMILES string of the molecule is CCOC(=O)c1sc(C)c(C(=O)OCC)c1C. The molecule has 0 fully saturated rings. The molecule has 1 heterocycles. The van der Waals surface area contributed by atoms with Gasteiger partial charge in [0.2, 0.25) is 0 Å². The summed E-state index contributed by atoms with van der Waals surface area (Å²) in [4.78, 5) is 24.6. The smallest absolute Gasteiger partial charge is 0.348 e. The van der Waals surface area contributed by atoms with Gasteiger partial charge in [0.1, 0.15) is 4.88 Å². The zero-order valence-corrected chi connectivity index (χ0v) is 11.3. The van der Waals surface area contributed by atoms with Crippen LogP contribution >= 0.6 is 11.3 Å². The number of aryl methyl sites for hydroxylation is 1. The number of esters is 2. The summed E-state index contributed by atoms with van der Waals surface area (Å²) in [6.07, 6.45) is 0. The van der Waals surface area contributed by atoms with E-state index >= 15 is 0 Å². The Hall–Kier alpha value is -1.36. The molecule has 0 aromatic carbocycles. The molecule has 0 saturated carbocycles. The summed E-state index contributed by atoms with van der Waals surface area (Å²) in [5.41, 5.74) is 1.13. The summed E-state index contributed by atoms with van der Waals surface area (Å²) >= 11 is 1.27. The van der Waals surface area contributed by atoms with Gasteiger partial charge in [-0.15, -0.1) is 11.3 Å². The van der Waals surface area contributed by atoms with Crippen LogP contribution in [0.15, 0.2) is 0 Å². The number of hydrogen-bond donors (Lipinski definition) is 0. The van der Waals surface area contributed by atoms with Crippen molar-refractivity contribution in [2.75, 3.05) is 13.2 Å². The second-order valence-corrected chi connectivity index (χ2v) is 4.65. The first-order chi connectivity index (χ1) is 8.02. The second kappa shape index (κ2) is 5.82. The molecule has 0 unspecified atom stereocenters. The highest BCUT2D eigenvalue weighted by Gasteiger charge is 2.23. The monoisotopic (exact) mass is 256 g/mol. The lowest BCUT2D eigenvalue weighted by molar-refractivity contribution is 0.0525. The van der Waals surface area contributed by atoms with Crippen molar-refractivity contribution in [1.29, 1.82) is 0 Å². The minimum Gasteiger partial charge on any atom is -0.462 e. The van der Waals surface area contributed by atoms with E-state index < -0.39 is 0 Å². The average molecular weight is 256 g/mol. The summed E-state index contributed by atoms with van der Waals surface area (Å²) in [7, 11) is 0. The molecule has 0 amide bonds. The maximum absolute atomic E-state index is 11.7. The molecule has 1 aromatic heterocycles. The summed E-state index contributed by atoms with van der Waals surface area (Å²) in [6.45, 7) is 7.68. The molecular formula is C12H16O4S. The van der Waals surface area contributed by atoms with Crippen LogP contribution in [-0.4, -0.2) is 25.2 Å². The Morgan fingerprint density at radius 1 is 1.06 bits per heavy atom. The number of hydrogen-bond acceptors (Lipinski definition) is 5. The van der Waals surface area contributed by atoms with Gasteiger partial charge in [0.15, 0.2) is 0 Å². The number of thiophene rings is 1. The van der Waals surface area contributed by atoms with Crippen LogP contribution in [0, 0.1) is 13.8 Å². The molecule has 1 aromatic rings. The standard InChI is InChI=1S/C12H16O4S/c1-5-15-11(13)9-7(3)10(17-8(9)4)12(14)16-6-2/h5-6H2,1-4H3. The maximum Gasteiger partial charge on any atom is 0.348 e. The van der Waals surface area contributed by atoms with E-state index in [1.165, 1.54) is 11.3 Å². The van der Waals surface area contributed by atoms with Crippen molar-refractivity contribution in [3.63, 3.8) is 0 Å². The Bertz CT molecular complexity index is 434. The van der Waals surface area contributed by atoms with Gasteiger partial charge in [0.05, 0.1) is 18.8 Å². The zero-order chi connectivity index (χ0) is 13.0. The second-order valence-electron chi connectivity index (χ2n) is 3.43. The van der Waals surface area contributed by atoms with Gasteiger partial charge in [0.25, 0.3) is 0 Å². The molecule has 4 nitrogen and oxygen atoms in total. The Morgan fingerprint density at radius 3 is 2.12 bits per heavy atom. The van der Waals surface area contributed by atoms with Gasteiger partial charge in [-0.1, -0.05) is 0 Å². The van der Waals surface area contributed by atoms with Crippen molar-refractivity contribution in [3.05, 3.63) is 20.9 Å². The first-order valence-electron chi connectivity index (χ1n) is 5.47. The summed E-state index contributed by atoms with van der Waals surface area (Å²) in [6, 6.07) is 0. The van der Waals surface area contributed by atoms with Gasteiger partial charge in [-0.2, -0.15) is 0 Å². The molecule has 0 aliphatic rings. The van der Waals surface area contributed by atoms with E-state index in [0.717, 1.165) is 4.88 Å². The lowest BCUT2D eigenvalue weighted by Crippen LogP contribution is -2.08. The van der Waals surface area contributed by atoms with Crippen LogP contribution in [0.4, 0.5) is 0 Å². The van der Waals surface area contributed by atoms with Crippen LogP contribution in [-0.2, 0) is 9.47 Å². The number of carbonyl (C=O) groups excluding carboxylic acids is 2. The van der Waals surface area contributed by atoms with Gasteiger partial charge in [0, 0.05) is 4.88 Å². The lowest BCUT2D eigenvalue weighted by atomic mass is 10.1. The predicted molar refractivity (Wildman–Crippen MR) is 65.7 cm³/mol. The van der Waals surface area contributed by atoms with Crippen LogP contribution in [0.5, 0.6) is 0 Å². The highest BCUT2D eigenvalue weighted by molar-refractivity contribution is 7.14. The third kappa shape index (κ3) is 2.85. The highest BCUT2D eigenvalue weighted by atomic mass is 32.1. The van der Waals surface area contributed by atoms with Crippen molar-refractivity contribution >= 4 is 23.3 Å². The molecule has 94 valence electrons. The molecule has 0 N–H and O–H groups in total. The lowest BCUT2D eigenvalue weighted by Gasteiger charge is -2.03. The normalized spacial score (nSPS) is 10.1. The first-order valence-corrected chi connectivity index (χ1v) is 6.28. The fourth-order valence-electron chi connectivity index (χ4n) is 1.55. The Labute approximate surface area is 105 Å². The quantitative estimate of drug-likeness (QED) is 0.777. The molecule has 5 heteroatoms. The molecule has 0 aliphatic heterocycles. The summed E-state index contributed by atoms with van der Waals surface area (Å²) < 4.78 is 9.89. The van der Waals surface area contributed by atoms with Crippen LogP contribution < -0.4 is 0 Å². The van der Waals surface area contributed by atoms with Gasteiger partial charge < -0.3 is 9.47 Å². The van der Waals surface area contributed by atoms with Gasteiger partial charge >= 0.3 is 11.9 Å². The number of rotatable bonds is 4. The molecule has 0 atom stereocenters. The number of ether oxygens (including phenoxy) is 2. The fraction of sp³-hybridized carbons (Fsp3) is 0.500. The van der Waals surface area contributed by atoms with E-state index in [4.69, 9.17) is 9.47 Å². The largest absolute Gasteiger partial charge is 0.462 e. The molecule has 0 bridgehead atoms. The van der Waals surface area contributed by atoms with Crippen molar-refractivity contribution in [2.45, 2.75) is 27.7 Å². The van der Waals surface area contributed by atoms with E-state index in [2.05, 4.69) is 0 Å². The van der Waals surface area contributed by atoms with E-state index in [0.29, 0.717) is 29.2 Å². The zero-order valence-electron chi connectivity index (χ0n) is 10.5. The molecular weight excluding hydrogens is 240 g/mol. The average Bonchev–Trinajstić information content (AvgIpc) is 2.55. The van der Waals surface area contributed by atoms with E-state index in [9.17, 15) is 9.59 Å². The van der Waals surface area contributed by atoms with Crippen LogP contribution in [0.2, 0.25) is 0 Å². The van der Waals surface area contributed by atoms with E-state index in [1.54, 1.807) is 27.7 Å². The molecule has 0 radical (unpaired) electrons. The Morgan fingerprint density at radius 2 is 1.59 bits per heavy atom. The Kier molecular flexibility index (Phi) is 4.69. The third-order valence-electron chi connectivity index (χ3n) is 2.26. The topological polar surface area (TPSA) is 52.6 Å². The maximum atomic E-state index is 11.7. The van der Waals surface area contributed by atoms with Gasteiger partial charge in [-0.25, -0.2) is 9.59 Å². The van der Waals surface area contributed by atoms with Gasteiger partial charge in [-0.05, 0) is 33.3 Å². The van der Waals surface area contributed by atoms with Crippen molar-refractivity contribution < 1.29 is 19.1 Å². The molecule has 0 saturated heterocycles.